The molecule has 170 valence electrons. The van der Waals surface area contributed by atoms with E-state index in [0.29, 0.717) is 45.9 Å². The number of hydrogen-bond donors (Lipinski definition) is 2. The Kier molecular flexibility index (Phi) is 6.54. The minimum atomic E-state index is -1.01. The van der Waals surface area contributed by atoms with Crippen molar-refractivity contribution in [1.82, 2.24) is 9.97 Å². The molecule has 1 fully saturated rings. The Morgan fingerprint density at radius 1 is 1.16 bits per heavy atom. The average Bonchev–Trinajstić information content (AvgIpc) is 3.13. The van der Waals surface area contributed by atoms with Crippen LogP contribution in [0, 0.1) is 12.7 Å². The number of aromatic carboxylic acids is 1. The third-order valence-corrected chi connectivity index (χ3v) is 6.84. The van der Waals surface area contributed by atoms with Gasteiger partial charge in [0.25, 0.3) is 0 Å². The van der Waals surface area contributed by atoms with Crippen LogP contribution in [-0.2, 0) is 9.47 Å². The quantitative estimate of drug-likeness (QED) is 0.529. The number of anilines is 2. The van der Waals surface area contributed by atoms with Crippen molar-refractivity contribution in [3.63, 3.8) is 0 Å². The Morgan fingerprint density at radius 2 is 1.84 bits per heavy atom. The predicted molar refractivity (Wildman–Crippen MR) is 119 cm³/mol. The molecule has 1 aromatic carbocycles. The first kappa shape index (κ1) is 22.4. The van der Waals surface area contributed by atoms with Crippen molar-refractivity contribution in [2.45, 2.75) is 44.5 Å². The summed E-state index contributed by atoms with van der Waals surface area (Å²) >= 11 is 1.09. The lowest BCUT2D eigenvalue weighted by Gasteiger charge is -2.34. The zero-order chi connectivity index (χ0) is 22.8. The maximum Gasteiger partial charge on any atom is 0.346 e. The molecule has 2 unspecified atom stereocenters. The minimum absolute atomic E-state index is 0.00643. The van der Waals surface area contributed by atoms with Crippen molar-refractivity contribution in [3.8, 4) is 5.75 Å². The van der Waals surface area contributed by atoms with E-state index < -0.39 is 11.8 Å². The topological polar surface area (TPSA) is 103 Å². The zero-order valence-electron chi connectivity index (χ0n) is 17.9. The van der Waals surface area contributed by atoms with Crippen LogP contribution in [0.15, 0.2) is 24.5 Å². The summed E-state index contributed by atoms with van der Waals surface area (Å²) in [4.78, 5) is 20.8. The van der Waals surface area contributed by atoms with E-state index in [2.05, 4.69) is 15.3 Å². The van der Waals surface area contributed by atoms with Gasteiger partial charge in [0, 0.05) is 39.5 Å². The van der Waals surface area contributed by atoms with E-state index in [0.717, 1.165) is 17.8 Å². The first-order chi connectivity index (χ1) is 15.4. The van der Waals surface area contributed by atoms with Gasteiger partial charge in [0.1, 0.15) is 39.5 Å². The van der Waals surface area contributed by atoms with E-state index in [1.165, 1.54) is 18.5 Å². The summed E-state index contributed by atoms with van der Waals surface area (Å²) in [5.74, 6) is -0.679. The molecule has 0 amide bonds. The number of thiophene rings is 1. The Hall–Kier alpha value is -2.82. The molecule has 1 aliphatic rings. The van der Waals surface area contributed by atoms with Crippen molar-refractivity contribution < 1.29 is 28.5 Å². The Bertz CT molecular complexity index is 1130. The summed E-state index contributed by atoms with van der Waals surface area (Å²) in [5, 5.41) is 13.2. The van der Waals surface area contributed by atoms with E-state index in [1.807, 2.05) is 0 Å². The Labute approximate surface area is 188 Å². The third kappa shape index (κ3) is 4.52. The van der Waals surface area contributed by atoms with Gasteiger partial charge in [-0.25, -0.2) is 19.2 Å². The van der Waals surface area contributed by atoms with Gasteiger partial charge in [-0.2, -0.15) is 0 Å². The number of ether oxygens (including phenoxy) is 3. The molecule has 32 heavy (non-hydrogen) atoms. The number of hydrogen-bond acceptors (Lipinski definition) is 8. The highest BCUT2D eigenvalue weighted by Crippen LogP contribution is 2.37. The average molecular weight is 462 g/mol. The van der Waals surface area contributed by atoms with Crippen LogP contribution in [0.1, 0.15) is 34.5 Å². The van der Waals surface area contributed by atoms with Crippen LogP contribution in [0.4, 0.5) is 15.9 Å². The number of aryl methyl sites for hydroxylation is 1. The van der Waals surface area contributed by atoms with Crippen molar-refractivity contribution in [2.75, 3.05) is 19.5 Å². The molecular formula is C22H24FN3O5S. The molecular weight excluding hydrogens is 437 g/mol. The number of benzene rings is 1. The summed E-state index contributed by atoms with van der Waals surface area (Å²) in [7, 11) is 3.31. The summed E-state index contributed by atoms with van der Waals surface area (Å²) in [6.45, 7) is 1.72. The fourth-order valence-corrected chi connectivity index (χ4v) is 5.01. The molecule has 4 rings (SSSR count). The van der Waals surface area contributed by atoms with Gasteiger partial charge < -0.3 is 24.6 Å². The number of nitrogens with zero attached hydrogens (tertiary/aromatic N) is 2. The second-order valence-corrected chi connectivity index (χ2v) is 8.69. The summed E-state index contributed by atoms with van der Waals surface area (Å²) in [6, 6.07) is 4.22. The molecule has 0 radical (unpaired) electrons. The predicted octanol–water partition coefficient (Wildman–Crippen LogP) is 4.54. The normalized spacial score (nSPS) is 20.9. The van der Waals surface area contributed by atoms with E-state index >= 15 is 0 Å². The molecule has 0 aliphatic heterocycles. The van der Waals surface area contributed by atoms with Crippen LogP contribution in [0.25, 0.3) is 10.2 Å². The maximum atomic E-state index is 14.1. The number of nitrogens with one attached hydrogen (secondary N) is 1. The maximum absolute atomic E-state index is 14.1. The number of fused-ring (bicyclic) bond motifs is 1. The molecule has 0 bridgehead atoms. The van der Waals surface area contributed by atoms with Gasteiger partial charge in [0.2, 0.25) is 0 Å². The van der Waals surface area contributed by atoms with Crippen LogP contribution in [0.5, 0.6) is 5.75 Å². The molecule has 1 saturated carbocycles. The van der Waals surface area contributed by atoms with Crippen molar-refractivity contribution in [3.05, 3.63) is 40.8 Å². The molecule has 2 N–H and O–H groups in total. The first-order valence-corrected chi connectivity index (χ1v) is 11.0. The molecule has 0 spiro atoms. The highest BCUT2D eigenvalue weighted by atomic mass is 32.1. The molecule has 2 aromatic heterocycles. The largest absolute Gasteiger partial charge is 0.488 e. The Morgan fingerprint density at radius 3 is 2.50 bits per heavy atom. The van der Waals surface area contributed by atoms with Gasteiger partial charge >= 0.3 is 5.97 Å². The van der Waals surface area contributed by atoms with E-state index in [1.54, 1.807) is 27.2 Å². The number of aromatic nitrogens is 2. The fourth-order valence-electron chi connectivity index (χ4n) is 4.02. The van der Waals surface area contributed by atoms with Crippen molar-refractivity contribution in [1.29, 1.82) is 0 Å². The molecule has 3 aromatic rings. The number of rotatable bonds is 7. The second kappa shape index (κ2) is 9.35. The highest BCUT2D eigenvalue weighted by Gasteiger charge is 2.31. The van der Waals surface area contributed by atoms with Gasteiger partial charge in [0.15, 0.2) is 0 Å². The lowest BCUT2D eigenvalue weighted by atomic mass is 9.92. The lowest BCUT2D eigenvalue weighted by Crippen LogP contribution is -2.38. The number of halogens is 1. The Balaban J connectivity index is 1.66. The monoisotopic (exact) mass is 461 g/mol. The summed E-state index contributed by atoms with van der Waals surface area (Å²) in [5.41, 5.74) is 1.09. The third-order valence-electron chi connectivity index (χ3n) is 5.66. The lowest BCUT2D eigenvalue weighted by molar-refractivity contribution is -0.0498. The van der Waals surface area contributed by atoms with Crippen LogP contribution in [-0.4, -0.2) is 53.6 Å². The summed E-state index contributed by atoms with van der Waals surface area (Å²) in [6.07, 6.45) is 3.24. The van der Waals surface area contributed by atoms with Gasteiger partial charge in [-0.1, -0.05) is 0 Å². The number of carboxylic acid groups (broad SMARTS) is 1. The van der Waals surface area contributed by atoms with Crippen LogP contribution < -0.4 is 10.1 Å². The number of carbonyl (C=O) groups is 1. The number of carboxylic acids is 1. The van der Waals surface area contributed by atoms with E-state index in [9.17, 15) is 14.3 Å². The van der Waals surface area contributed by atoms with Crippen molar-refractivity contribution >= 4 is 39.0 Å². The van der Waals surface area contributed by atoms with E-state index in [4.69, 9.17) is 14.2 Å². The molecule has 3 atom stereocenters. The van der Waals surface area contributed by atoms with Crippen LogP contribution >= 0.6 is 11.3 Å². The zero-order valence-corrected chi connectivity index (χ0v) is 18.7. The fraction of sp³-hybridized carbons (Fsp3) is 0.409. The molecule has 10 heteroatoms. The highest BCUT2D eigenvalue weighted by molar-refractivity contribution is 7.20. The van der Waals surface area contributed by atoms with Crippen LogP contribution in [0.2, 0.25) is 0 Å². The van der Waals surface area contributed by atoms with E-state index in [-0.39, 0.29) is 23.2 Å². The first-order valence-electron chi connectivity index (χ1n) is 10.2. The van der Waals surface area contributed by atoms with Crippen molar-refractivity contribution in [2.24, 2.45) is 0 Å². The second-order valence-electron chi connectivity index (χ2n) is 7.69. The minimum Gasteiger partial charge on any atom is -0.488 e. The van der Waals surface area contributed by atoms with Gasteiger partial charge in [-0.15, -0.1) is 11.3 Å². The van der Waals surface area contributed by atoms with Gasteiger partial charge in [0.05, 0.1) is 23.3 Å². The SMILES string of the molecule is COC1CC(Oc2cc(F)ccc2Nc2ncnc3sc(C(=O)O)c(C)c23)C[C@@H](OC)C1. The standard InChI is InChI=1S/C22H24FN3O5S/c1-11-18-20(24-10-25-21(18)32-19(11)22(27)28)26-16-5-4-12(23)6-17(16)31-15-8-13(29-2)7-14(9-15)30-3/h4-6,10,13-15H,7-9H2,1-3H3,(H,27,28)(H,24,25,26)/t13-,14?,15?/m0/s1. The van der Waals surface area contributed by atoms with Gasteiger partial charge in [-0.3, -0.25) is 0 Å². The molecule has 0 saturated heterocycles. The number of methoxy groups -OCH3 is 2. The molecule has 1 aliphatic carbocycles. The van der Waals surface area contributed by atoms with Crippen LogP contribution in [0.3, 0.4) is 0 Å². The van der Waals surface area contributed by atoms with Gasteiger partial charge in [-0.05, 0) is 24.6 Å². The summed E-state index contributed by atoms with van der Waals surface area (Å²) < 4.78 is 31.3. The smallest absolute Gasteiger partial charge is 0.346 e. The molecule has 2 heterocycles. The molecule has 8 nitrogen and oxygen atoms in total.